The predicted octanol–water partition coefficient (Wildman–Crippen LogP) is 1.94. The number of para-hydroxylation sites is 1. The Bertz CT molecular complexity index is 1070. The standard InChI is InChI=1S/C23H25N5O3/c29-21(26-15-17-7-9-24-10-8-17)5-6-22(30)27-11-13-28(14-12-27)23(31)19-16-25-20-4-2-1-3-18(19)20/h1-4,7-10,16,25H,5-6,11-15H2,(H,26,29). The van der Waals surface area contributed by atoms with Crippen molar-refractivity contribution in [2.75, 3.05) is 26.2 Å². The van der Waals surface area contributed by atoms with Crippen LogP contribution in [0.1, 0.15) is 28.8 Å². The van der Waals surface area contributed by atoms with Gasteiger partial charge in [0.15, 0.2) is 0 Å². The summed E-state index contributed by atoms with van der Waals surface area (Å²) in [6.07, 6.45) is 5.41. The molecule has 0 radical (unpaired) electrons. The molecule has 2 N–H and O–H groups in total. The zero-order valence-corrected chi connectivity index (χ0v) is 17.2. The monoisotopic (exact) mass is 419 g/mol. The molecule has 3 amide bonds. The lowest BCUT2D eigenvalue weighted by atomic mass is 10.1. The van der Waals surface area contributed by atoms with Crippen LogP contribution in [0.4, 0.5) is 0 Å². The van der Waals surface area contributed by atoms with Gasteiger partial charge in [-0.15, -0.1) is 0 Å². The highest BCUT2D eigenvalue weighted by atomic mass is 16.2. The number of pyridine rings is 1. The summed E-state index contributed by atoms with van der Waals surface area (Å²) in [7, 11) is 0. The molecule has 2 aromatic heterocycles. The number of aromatic nitrogens is 2. The molecule has 3 heterocycles. The van der Waals surface area contributed by atoms with E-state index in [9.17, 15) is 14.4 Å². The number of rotatable bonds is 6. The van der Waals surface area contributed by atoms with Gasteiger partial charge < -0.3 is 20.1 Å². The predicted molar refractivity (Wildman–Crippen MR) is 116 cm³/mol. The van der Waals surface area contributed by atoms with Crippen molar-refractivity contribution in [2.45, 2.75) is 19.4 Å². The van der Waals surface area contributed by atoms with Crippen LogP contribution in [0, 0.1) is 0 Å². The third-order valence-electron chi connectivity index (χ3n) is 5.54. The van der Waals surface area contributed by atoms with Crippen molar-refractivity contribution < 1.29 is 14.4 Å². The van der Waals surface area contributed by atoms with E-state index >= 15 is 0 Å². The minimum absolute atomic E-state index is 0.0277. The summed E-state index contributed by atoms with van der Waals surface area (Å²) in [4.78, 5) is 48.0. The summed E-state index contributed by atoms with van der Waals surface area (Å²) >= 11 is 0. The molecular weight excluding hydrogens is 394 g/mol. The molecule has 1 fully saturated rings. The third kappa shape index (κ3) is 4.91. The number of piperazine rings is 1. The molecule has 3 aromatic rings. The fourth-order valence-corrected chi connectivity index (χ4v) is 3.75. The number of amides is 3. The van der Waals surface area contributed by atoms with E-state index < -0.39 is 0 Å². The third-order valence-corrected chi connectivity index (χ3v) is 5.54. The average Bonchev–Trinajstić information content (AvgIpc) is 3.25. The van der Waals surface area contributed by atoms with Gasteiger partial charge in [0.2, 0.25) is 11.8 Å². The summed E-state index contributed by atoms with van der Waals surface area (Å²) in [6.45, 7) is 2.35. The smallest absolute Gasteiger partial charge is 0.256 e. The minimum atomic E-state index is -0.154. The number of aromatic amines is 1. The van der Waals surface area contributed by atoms with E-state index in [1.807, 2.05) is 36.4 Å². The van der Waals surface area contributed by atoms with Crippen molar-refractivity contribution in [3.05, 3.63) is 66.1 Å². The van der Waals surface area contributed by atoms with Crippen LogP contribution in [0.2, 0.25) is 0 Å². The molecule has 0 atom stereocenters. The Morgan fingerprint density at radius 3 is 2.42 bits per heavy atom. The highest BCUT2D eigenvalue weighted by Crippen LogP contribution is 2.20. The van der Waals surface area contributed by atoms with Crippen molar-refractivity contribution in [3.63, 3.8) is 0 Å². The molecule has 1 aliphatic rings. The molecule has 1 saturated heterocycles. The van der Waals surface area contributed by atoms with Gasteiger partial charge in [-0.3, -0.25) is 19.4 Å². The Morgan fingerprint density at radius 1 is 0.935 bits per heavy atom. The Kier molecular flexibility index (Phi) is 6.26. The van der Waals surface area contributed by atoms with Crippen molar-refractivity contribution in [1.82, 2.24) is 25.1 Å². The van der Waals surface area contributed by atoms with Crippen molar-refractivity contribution in [3.8, 4) is 0 Å². The van der Waals surface area contributed by atoms with Gasteiger partial charge >= 0.3 is 0 Å². The Hall–Kier alpha value is -3.68. The van der Waals surface area contributed by atoms with Crippen LogP contribution in [-0.4, -0.2) is 63.7 Å². The molecular formula is C23H25N5O3. The number of H-pyrrole nitrogens is 1. The van der Waals surface area contributed by atoms with Crippen LogP contribution in [0.5, 0.6) is 0 Å². The summed E-state index contributed by atoms with van der Waals surface area (Å²) < 4.78 is 0. The fraction of sp³-hybridized carbons (Fsp3) is 0.304. The maximum atomic E-state index is 12.9. The van der Waals surface area contributed by atoms with Crippen molar-refractivity contribution in [1.29, 1.82) is 0 Å². The van der Waals surface area contributed by atoms with Crippen LogP contribution < -0.4 is 5.32 Å². The van der Waals surface area contributed by atoms with E-state index in [-0.39, 0.29) is 30.6 Å². The van der Waals surface area contributed by atoms with Crippen LogP contribution in [0.25, 0.3) is 10.9 Å². The number of nitrogens with one attached hydrogen (secondary N) is 2. The number of carbonyl (C=O) groups excluding carboxylic acids is 3. The molecule has 4 rings (SSSR count). The maximum absolute atomic E-state index is 12.9. The summed E-state index contributed by atoms with van der Waals surface area (Å²) in [5.74, 6) is -0.239. The van der Waals surface area contributed by atoms with Gasteiger partial charge in [0, 0.05) is 75.1 Å². The van der Waals surface area contributed by atoms with E-state index in [4.69, 9.17) is 0 Å². The summed E-state index contributed by atoms with van der Waals surface area (Å²) in [5.41, 5.74) is 2.55. The van der Waals surface area contributed by atoms with Crippen LogP contribution in [0.3, 0.4) is 0 Å². The van der Waals surface area contributed by atoms with Crippen molar-refractivity contribution >= 4 is 28.6 Å². The molecule has 0 aliphatic carbocycles. The van der Waals surface area contributed by atoms with Gasteiger partial charge in [-0.05, 0) is 23.8 Å². The Morgan fingerprint density at radius 2 is 1.65 bits per heavy atom. The van der Waals surface area contributed by atoms with Gasteiger partial charge in [-0.1, -0.05) is 18.2 Å². The molecule has 31 heavy (non-hydrogen) atoms. The zero-order valence-electron chi connectivity index (χ0n) is 17.2. The van der Waals surface area contributed by atoms with Gasteiger partial charge in [0.1, 0.15) is 0 Å². The Labute approximate surface area is 180 Å². The molecule has 0 spiro atoms. The topological polar surface area (TPSA) is 98.4 Å². The van der Waals surface area contributed by atoms with Crippen LogP contribution in [-0.2, 0) is 16.1 Å². The van der Waals surface area contributed by atoms with E-state index in [2.05, 4.69) is 15.3 Å². The van der Waals surface area contributed by atoms with E-state index in [0.29, 0.717) is 38.3 Å². The summed E-state index contributed by atoms with van der Waals surface area (Å²) in [6, 6.07) is 11.4. The van der Waals surface area contributed by atoms with Gasteiger partial charge in [0.05, 0.1) is 5.56 Å². The highest BCUT2D eigenvalue weighted by molar-refractivity contribution is 6.06. The maximum Gasteiger partial charge on any atom is 0.256 e. The minimum Gasteiger partial charge on any atom is -0.360 e. The van der Waals surface area contributed by atoms with Gasteiger partial charge in [0.25, 0.3) is 5.91 Å². The molecule has 0 unspecified atom stereocenters. The Balaban J connectivity index is 1.22. The molecule has 0 saturated carbocycles. The first-order chi connectivity index (χ1) is 15.1. The number of benzene rings is 1. The van der Waals surface area contributed by atoms with Crippen LogP contribution in [0.15, 0.2) is 55.0 Å². The van der Waals surface area contributed by atoms with E-state index in [0.717, 1.165) is 16.5 Å². The molecule has 0 bridgehead atoms. The number of hydrogen-bond acceptors (Lipinski definition) is 4. The quantitative estimate of drug-likeness (QED) is 0.638. The lowest BCUT2D eigenvalue weighted by molar-refractivity contribution is -0.134. The summed E-state index contributed by atoms with van der Waals surface area (Å²) in [5, 5.41) is 3.72. The first-order valence-corrected chi connectivity index (χ1v) is 10.4. The molecule has 8 heteroatoms. The molecule has 160 valence electrons. The van der Waals surface area contributed by atoms with Gasteiger partial charge in [-0.25, -0.2) is 0 Å². The second-order valence-electron chi connectivity index (χ2n) is 7.55. The largest absolute Gasteiger partial charge is 0.360 e. The fourth-order valence-electron chi connectivity index (χ4n) is 3.75. The lowest BCUT2D eigenvalue weighted by Gasteiger charge is -2.34. The molecule has 8 nitrogen and oxygen atoms in total. The van der Waals surface area contributed by atoms with Gasteiger partial charge in [-0.2, -0.15) is 0 Å². The first-order valence-electron chi connectivity index (χ1n) is 10.4. The van der Waals surface area contributed by atoms with Crippen LogP contribution >= 0.6 is 0 Å². The molecule has 1 aromatic carbocycles. The number of carbonyl (C=O) groups is 3. The highest BCUT2D eigenvalue weighted by Gasteiger charge is 2.26. The normalized spacial score (nSPS) is 13.9. The lowest BCUT2D eigenvalue weighted by Crippen LogP contribution is -2.50. The SMILES string of the molecule is O=C(CCC(=O)N1CCN(C(=O)c2c[nH]c3ccccc23)CC1)NCc1ccncc1. The van der Waals surface area contributed by atoms with E-state index in [1.54, 1.807) is 28.4 Å². The number of hydrogen-bond donors (Lipinski definition) is 2. The second kappa shape index (κ2) is 9.42. The zero-order chi connectivity index (χ0) is 21.6. The van der Waals surface area contributed by atoms with E-state index in [1.165, 1.54) is 0 Å². The van der Waals surface area contributed by atoms with Crippen molar-refractivity contribution in [2.24, 2.45) is 0 Å². The second-order valence-corrected chi connectivity index (χ2v) is 7.55. The first kappa shape index (κ1) is 20.6. The average molecular weight is 419 g/mol. The number of nitrogens with zero attached hydrogens (tertiary/aromatic N) is 3. The molecule has 1 aliphatic heterocycles. The number of fused-ring (bicyclic) bond motifs is 1.